The zero-order chi connectivity index (χ0) is 17.9. The monoisotopic (exact) mass is 318 g/mol. The van der Waals surface area contributed by atoms with Crippen molar-refractivity contribution in [3.8, 4) is 0 Å². The van der Waals surface area contributed by atoms with E-state index in [-0.39, 0.29) is 0 Å². The van der Waals surface area contributed by atoms with Crippen LogP contribution in [0, 0.1) is 41.5 Å². The molecule has 0 spiro atoms. The van der Waals surface area contributed by atoms with Crippen molar-refractivity contribution < 1.29 is 0 Å². The van der Waals surface area contributed by atoms with Crippen molar-refractivity contribution in [2.75, 3.05) is 0 Å². The second-order valence-electron chi connectivity index (χ2n) is 6.33. The maximum absolute atomic E-state index is 2.17. The Hall–Kier alpha value is -2.34. The fraction of sp³-hybridized carbons (Fsp3) is 0.250. The first kappa shape index (κ1) is 19.7. The van der Waals surface area contributed by atoms with Gasteiger partial charge in [0, 0.05) is 0 Å². The molecule has 0 atom stereocenters. The fourth-order valence-corrected chi connectivity index (χ4v) is 2.13. The molecule has 0 aromatic heterocycles. The molecular weight excluding hydrogens is 288 g/mol. The minimum Gasteiger partial charge on any atom is -0.0620 e. The van der Waals surface area contributed by atoms with Gasteiger partial charge >= 0.3 is 0 Å². The minimum absolute atomic E-state index is 1.34. The van der Waals surface area contributed by atoms with Gasteiger partial charge in [-0.2, -0.15) is 0 Å². The van der Waals surface area contributed by atoms with Gasteiger partial charge in [0.05, 0.1) is 0 Å². The standard InChI is InChI=1S/3C8H10/c1-7-4-3-5-8(2)6-7;2*1-7-5-3-4-6-8(7)2/h3*3-6H,1-2H3. The average Bonchev–Trinajstić information content (AvgIpc) is 2.54. The molecule has 0 saturated heterocycles. The topological polar surface area (TPSA) is 0 Å². The van der Waals surface area contributed by atoms with Gasteiger partial charge in [-0.1, -0.05) is 83.9 Å². The second-order valence-corrected chi connectivity index (χ2v) is 6.33. The van der Waals surface area contributed by atoms with Gasteiger partial charge in [-0.15, -0.1) is 0 Å². The highest BCUT2D eigenvalue weighted by Gasteiger charge is 1.84. The lowest BCUT2D eigenvalue weighted by Gasteiger charge is -1.93. The van der Waals surface area contributed by atoms with Crippen LogP contribution in [0.25, 0.3) is 0 Å². The van der Waals surface area contributed by atoms with Gasteiger partial charge < -0.3 is 0 Å². The summed E-state index contributed by atoms with van der Waals surface area (Å²) < 4.78 is 0. The normalized spacial score (nSPS) is 9.25. The summed E-state index contributed by atoms with van der Waals surface area (Å²) in [6, 6.07) is 25.2. The van der Waals surface area contributed by atoms with E-state index in [0.29, 0.717) is 0 Å². The van der Waals surface area contributed by atoms with E-state index >= 15 is 0 Å². The maximum atomic E-state index is 2.17. The number of hydrogen-bond donors (Lipinski definition) is 0. The van der Waals surface area contributed by atoms with Crippen LogP contribution in [0.5, 0.6) is 0 Å². The van der Waals surface area contributed by atoms with E-state index in [1.54, 1.807) is 0 Å². The van der Waals surface area contributed by atoms with Crippen molar-refractivity contribution in [3.05, 3.63) is 106 Å². The van der Waals surface area contributed by atoms with Crippen molar-refractivity contribution in [1.29, 1.82) is 0 Å². The van der Waals surface area contributed by atoms with E-state index in [1.807, 2.05) is 0 Å². The van der Waals surface area contributed by atoms with Crippen molar-refractivity contribution in [2.45, 2.75) is 41.5 Å². The predicted octanol–water partition coefficient (Wildman–Crippen LogP) is 6.91. The molecule has 0 aliphatic carbocycles. The summed E-state index contributed by atoms with van der Waals surface area (Å²) in [5.74, 6) is 0. The number of rotatable bonds is 0. The largest absolute Gasteiger partial charge is 0.0620 e. The van der Waals surface area contributed by atoms with Crippen LogP contribution in [0.1, 0.15) is 33.4 Å². The maximum Gasteiger partial charge on any atom is -0.0395 e. The van der Waals surface area contributed by atoms with Crippen molar-refractivity contribution in [2.24, 2.45) is 0 Å². The Labute approximate surface area is 148 Å². The Morgan fingerprint density at radius 2 is 0.667 bits per heavy atom. The van der Waals surface area contributed by atoms with Gasteiger partial charge in [0.25, 0.3) is 0 Å². The fourth-order valence-electron chi connectivity index (χ4n) is 2.13. The van der Waals surface area contributed by atoms with E-state index in [4.69, 9.17) is 0 Å². The van der Waals surface area contributed by atoms with Crippen LogP contribution in [0.2, 0.25) is 0 Å². The third kappa shape index (κ3) is 7.78. The van der Waals surface area contributed by atoms with Gasteiger partial charge in [-0.3, -0.25) is 0 Å². The molecule has 0 radical (unpaired) electrons. The second kappa shape index (κ2) is 10.4. The molecule has 0 saturated carbocycles. The molecule has 24 heavy (non-hydrogen) atoms. The smallest absolute Gasteiger partial charge is 0.0395 e. The van der Waals surface area contributed by atoms with E-state index in [2.05, 4.69) is 114 Å². The molecule has 0 aliphatic heterocycles. The zero-order valence-electron chi connectivity index (χ0n) is 15.9. The van der Waals surface area contributed by atoms with Crippen molar-refractivity contribution in [3.63, 3.8) is 0 Å². The summed E-state index contributed by atoms with van der Waals surface area (Å²) in [5, 5.41) is 0. The molecule has 0 N–H and O–H groups in total. The molecule has 3 rings (SSSR count). The molecular formula is C24H30. The molecule has 126 valence electrons. The van der Waals surface area contributed by atoms with Crippen LogP contribution < -0.4 is 0 Å². The summed E-state index contributed by atoms with van der Waals surface area (Å²) in [4.78, 5) is 0. The first-order valence-corrected chi connectivity index (χ1v) is 8.48. The highest BCUT2D eigenvalue weighted by atomic mass is 13.9. The van der Waals surface area contributed by atoms with Crippen LogP contribution in [-0.4, -0.2) is 0 Å². The summed E-state index contributed by atoms with van der Waals surface area (Å²) in [6.07, 6.45) is 0. The molecule has 0 heteroatoms. The SMILES string of the molecule is Cc1cccc(C)c1.Cc1ccccc1C.Cc1ccccc1C. The highest BCUT2D eigenvalue weighted by Crippen LogP contribution is 2.03. The zero-order valence-corrected chi connectivity index (χ0v) is 15.9. The molecule has 0 fully saturated rings. The number of aryl methyl sites for hydroxylation is 6. The van der Waals surface area contributed by atoms with E-state index in [1.165, 1.54) is 33.4 Å². The van der Waals surface area contributed by atoms with Crippen molar-refractivity contribution >= 4 is 0 Å². The Kier molecular flexibility index (Phi) is 8.57. The van der Waals surface area contributed by atoms with E-state index in [9.17, 15) is 0 Å². The molecule has 0 amide bonds. The van der Waals surface area contributed by atoms with Gasteiger partial charge in [0.15, 0.2) is 0 Å². The Morgan fingerprint density at radius 1 is 0.375 bits per heavy atom. The molecule has 0 heterocycles. The Balaban J connectivity index is 0.000000180. The Bertz CT molecular complexity index is 636. The van der Waals surface area contributed by atoms with Crippen LogP contribution in [0.3, 0.4) is 0 Å². The number of benzene rings is 3. The van der Waals surface area contributed by atoms with Gasteiger partial charge in [0.1, 0.15) is 0 Å². The van der Waals surface area contributed by atoms with Crippen LogP contribution in [0.4, 0.5) is 0 Å². The molecule has 0 unspecified atom stereocenters. The third-order valence-electron chi connectivity index (χ3n) is 4.02. The summed E-state index contributed by atoms with van der Waals surface area (Å²) in [6.45, 7) is 12.7. The molecule has 3 aromatic rings. The van der Waals surface area contributed by atoms with Crippen LogP contribution in [-0.2, 0) is 0 Å². The first-order valence-electron chi connectivity index (χ1n) is 8.48. The quantitative estimate of drug-likeness (QED) is 0.422. The van der Waals surface area contributed by atoms with Crippen LogP contribution in [0.15, 0.2) is 72.8 Å². The lowest BCUT2D eigenvalue weighted by molar-refractivity contribution is 1.34. The van der Waals surface area contributed by atoms with Gasteiger partial charge in [-0.25, -0.2) is 0 Å². The minimum atomic E-state index is 1.34. The lowest BCUT2D eigenvalue weighted by atomic mass is 10.1. The van der Waals surface area contributed by atoms with E-state index in [0.717, 1.165) is 0 Å². The van der Waals surface area contributed by atoms with E-state index < -0.39 is 0 Å². The predicted molar refractivity (Wildman–Crippen MR) is 108 cm³/mol. The van der Waals surface area contributed by atoms with Crippen LogP contribution >= 0.6 is 0 Å². The van der Waals surface area contributed by atoms with Gasteiger partial charge in [-0.05, 0) is 63.8 Å². The molecule has 0 aliphatic rings. The Morgan fingerprint density at radius 3 is 0.833 bits per heavy atom. The lowest BCUT2D eigenvalue weighted by Crippen LogP contribution is -1.74. The number of hydrogen-bond acceptors (Lipinski definition) is 0. The first-order chi connectivity index (χ1) is 11.4. The van der Waals surface area contributed by atoms with Gasteiger partial charge in [0.2, 0.25) is 0 Å². The summed E-state index contributed by atoms with van der Waals surface area (Å²) >= 11 is 0. The summed E-state index contributed by atoms with van der Waals surface area (Å²) in [7, 11) is 0. The molecule has 0 nitrogen and oxygen atoms in total. The third-order valence-corrected chi connectivity index (χ3v) is 4.02. The summed E-state index contributed by atoms with van der Waals surface area (Å²) in [5.41, 5.74) is 8.15. The molecule has 3 aromatic carbocycles. The molecule has 0 bridgehead atoms. The van der Waals surface area contributed by atoms with Crippen molar-refractivity contribution in [1.82, 2.24) is 0 Å². The highest BCUT2D eigenvalue weighted by molar-refractivity contribution is 5.24. The average molecular weight is 319 g/mol.